The number of nitrogens with zero attached hydrogens (tertiary/aromatic N) is 4. The van der Waals surface area contributed by atoms with E-state index in [9.17, 15) is 0 Å². The van der Waals surface area contributed by atoms with Gasteiger partial charge in [0.15, 0.2) is 0 Å². The Bertz CT molecular complexity index is 393. The fourth-order valence-corrected chi connectivity index (χ4v) is 1.46. The predicted octanol–water partition coefficient (Wildman–Crippen LogP) is 0.994. The van der Waals surface area contributed by atoms with E-state index in [2.05, 4.69) is 15.1 Å². The van der Waals surface area contributed by atoms with E-state index in [1.165, 1.54) is 0 Å². The van der Waals surface area contributed by atoms with Crippen molar-refractivity contribution in [3.05, 3.63) is 18.0 Å². The Morgan fingerprint density at radius 3 is 2.88 bits per heavy atom. The van der Waals surface area contributed by atoms with E-state index in [0.717, 1.165) is 12.2 Å². The molecule has 0 spiro atoms. The minimum Gasteiger partial charge on any atom is -0.409 e. The summed E-state index contributed by atoms with van der Waals surface area (Å²) >= 11 is 0. The first-order valence-corrected chi connectivity index (χ1v) is 5.60. The van der Waals surface area contributed by atoms with Crippen molar-refractivity contribution in [1.29, 1.82) is 0 Å². The van der Waals surface area contributed by atoms with Crippen LogP contribution in [0.1, 0.15) is 19.5 Å². The number of amidine groups is 1. The number of oxime groups is 1. The average molecular weight is 237 g/mol. The Morgan fingerprint density at radius 2 is 2.35 bits per heavy atom. The van der Waals surface area contributed by atoms with Crippen LogP contribution >= 0.6 is 0 Å². The van der Waals surface area contributed by atoms with E-state index in [4.69, 9.17) is 10.9 Å². The van der Waals surface area contributed by atoms with Crippen LogP contribution < -0.4 is 10.6 Å². The van der Waals surface area contributed by atoms with Gasteiger partial charge in [-0.15, -0.1) is 0 Å². The molecule has 0 amide bonds. The average Bonchev–Trinajstić information content (AvgIpc) is 2.34. The van der Waals surface area contributed by atoms with Gasteiger partial charge in [-0.05, 0) is 19.9 Å². The SMILES string of the molecule is CCN(CC(C)C(N)=NO)c1nccc(C)n1. The van der Waals surface area contributed by atoms with E-state index >= 15 is 0 Å². The molecule has 1 aromatic heterocycles. The second kappa shape index (κ2) is 6.03. The number of rotatable bonds is 5. The molecular formula is C11H19N5O. The van der Waals surface area contributed by atoms with Crippen LogP contribution in [0, 0.1) is 12.8 Å². The maximum atomic E-state index is 8.62. The lowest BCUT2D eigenvalue weighted by atomic mass is 10.1. The summed E-state index contributed by atoms with van der Waals surface area (Å²) in [4.78, 5) is 10.6. The third-order valence-corrected chi connectivity index (χ3v) is 2.56. The van der Waals surface area contributed by atoms with E-state index in [1.54, 1.807) is 6.20 Å². The largest absolute Gasteiger partial charge is 0.409 e. The van der Waals surface area contributed by atoms with Gasteiger partial charge in [-0.1, -0.05) is 12.1 Å². The minimum atomic E-state index is -0.0518. The first-order chi connectivity index (χ1) is 8.08. The first kappa shape index (κ1) is 13.2. The number of aromatic nitrogens is 2. The van der Waals surface area contributed by atoms with Crippen LogP contribution in [0.5, 0.6) is 0 Å². The molecule has 6 heteroatoms. The van der Waals surface area contributed by atoms with Crippen molar-refractivity contribution in [3.63, 3.8) is 0 Å². The molecule has 1 aromatic rings. The number of anilines is 1. The number of nitrogens with two attached hydrogens (primary N) is 1. The zero-order valence-corrected chi connectivity index (χ0v) is 10.5. The van der Waals surface area contributed by atoms with Crippen molar-refractivity contribution in [2.75, 3.05) is 18.0 Å². The van der Waals surface area contributed by atoms with Gasteiger partial charge in [0.25, 0.3) is 0 Å². The van der Waals surface area contributed by atoms with Crippen molar-refractivity contribution in [2.24, 2.45) is 16.8 Å². The van der Waals surface area contributed by atoms with Gasteiger partial charge in [0.05, 0.1) is 0 Å². The maximum absolute atomic E-state index is 8.62. The molecular weight excluding hydrogens is 218 g/mol. The Labute approximate surface area is 101 Å². The van der Waals surface area contributed by atoms with Crippen LogP contribution in [0.15, 0.2) is 17.4 Å². The van der Waals surface area contributed by atoms with Crippen molar-refractivity contribution in [1.82, 2.24) is 9.97 Å². The fourth-order valence-electron chi connectivity index (χ4n) is 1.46. The van der Waals surface area contributed by atoms with Crippen LogP contribution in [-0.4, -0.2) is 34.1 Å². The molecule has 0 saturated heterocycles. The number of hydrogen-bond acceptors (Lipinski definition) is 5. The zero-order chi connectivity index (χ0) is 12.8. The van der Waals surface area contributed by atoms with Crippen LogP contribution in [0.3, 0.4) is 0 Å². The van der Waals surface area contributed by atoms with Crippen molar-refractivity contribution < 1.29 is 5.21 Å². The molecule has 0 aliphatic rings. The lowest BCUT2D eigenvalue weighted by molar-refractivity contribution is 0.314. The van der Waals surface area contributed by atoms with Gasteiger partial charge in [-0.2, -0.15) is 0 Å². The molecule has 0 aliphatic heterocycles. The smallest absolute Gasteiger partial charge is 0.225 e. The third kappa shape index (κ3) is 3.58. The Morgan fingerprint density at radius 1 is 1.65 bits per heavy atom. The summed E-state index contributed by atoms with van der Waals surface area (Å²) in [6.45, 7) is 7.23. The molecule has 1 atom stereocenters. The van der Waals surface area contributed by atoms with Crippen LogP contribution in [0.25, 0.3) is 0 Å². The number of hydrogen-bond donors (Lipinski definition) is 2. The van der Waals surface area contributed by atoms with Gasteiger partial charge in [0.2, 0.25) is 5.95 Å². The molecule has 1 heterocycles. The standard InChI is InChI=1S/C11H19N5O/c1-4-16(7-8(2)10(12)15-17)11-13-6-5-9(3)14-11/h5-6,8,17H,4,7H2,1-3H3,(H2,12,15). The molecule has 17 heavy (non-hydrogen) atoms. The van der Waals surface area contributed by atoms with Crippen molar-refractivity contribution in [2.45, 2.75) is 20.8 Å². The maximum Gasteiger partial charge on any atom is 0.225 e. The molecule has 0 radical (unpaired) electrons. The summed E-state index contributed by atoms with van der Waals surface area (Å²) < 4.78 is 0. The highest BCUT2D eigenvalue weighted by atomic mass is 16.4. The molecule has 0 saturated carbocycles. The molecule has 0 aliphatic carbocycles. The van der Waals surface area contributed by atoms with Gasteiger partial charge in [-0.3, -0.25) is 0 Å². The summed E-state index contributed by atoms with van der Waals surface area (Å²) in [6, 6.07) is 1.85. The molecule has 0 bridgehead atoms. The molecule has 1 rings (SSSR count). The highest BCUT2D eigenvalue weighted by Crippen LogP contribution is 2.10. The van der Waals surface area contributed by atoms with Gasteiger partial charge in [0, 0.05) is 30.9 Å². The topological polar surface area (TPSA) is 87.6 Å². The summed E-state index contributed by atoms with van der Waals surface area (Å²) in [7, 11) is 0. The monoisotopic (exact) mass is 237 g/mol. The summed E-state index contributed by atoms with van der Waals surface area (Å²) in [5.41, 5.74) is 6.48. The zero-order valence-electron chi connectivity index (χ0n) is 10.5. The van der Waals surface area contributed by atoms with Crippen LogP contribution in [0.4, 0.5) is 5.95 Å². The second-order valence-corrected chi connectivity index (χ2v) is 3.96. The number of aryl methyl sites for hydroxylation is 1. The van der Waals surface area contributed by atoms with Crippen LogP contribution in [-0.2, 0) is 0 Å². The highest BCUT2D eigenvalue weighted by Gasteiger charge is 2.14. The van der Waals surface area contributed by atoms with Gasteiger partial charge < -0.3 is 15.8 Å². The van der Waals surface area contributed by atoms with E-state index < -0.39 is 0 Å². The molecule has 3 N–H and O–H groups in total. The summed E-state index contributed by atoms with van der Waals surface area (Å²) in [5.74, 6) is 0.838. The van der Waals surface area contributed by atoms with Crippen molar-refractivity contribution in [3.8, 4) is 0 Å². The molecule has 94 valence electrons. The lowest BCUT2D eigenvalue weighted by Crippen LogP contribution is -2.35. The quantitative estimate of drug-likeness (QED) is 0.345. The van der Waals surface area contributed by atoms with E-state index in [1.807, 2.05) is 31.7 Å². The predicted molar refractivity (Wildman–Crippen MR) is 67.2 cm³/mol. The fraction of sp³-hybridized carbons (Fsp3) is 0.545. The lowest BCUT2D eigenvalue weighted by Gasteiger charge is -2.23. The van der Waals surface area contributed by atoms with Gasteiger partial charge in [-0.25, -0.2) is 9.97 Å². The van der Waals surface area contributed by atoms with Crippen LogP contribution in [0.2, 0.25) is 0 Å². The molecule has 1 unspecified atom stereocenters. The summed E-state index contributed by atoms with van der Waals surface area (Å²) in [6.07, 6.45) is 1.73. The Balaban J connectivity index is 2.79. The Kier molecular flexibility index (Phi) is 4.68. The van der Waals surface area contributed by atoms with Gasteiger partial charge >= 0.3 is 0 Å². The highest BCUT2D eigenvalue weighted by molar-refractivity contribution is 5.82. The minimum absolute atomic E-state index is 0.0518. The molecule has 6 nitrogen and oxygen atoms in total. The molecule has 0 aromatic carbocycles. The third-order valence-electron chi connectivity index (χ3n) is 2.56. The second-order valence-electron chi connectivity index (χ2n) is 3.96. The molecule has 0 fully saturated rings. The Hall–Kier alpha value is -1.85. The summed E-state index contributed by atoms with van der Waals surface area (Å²) in [5, 5.41) is 11.6. The first-order valence-electron chi connectivity index (χ1n) is 5.60. The normalized spacial score (nSPS) is 13.5. The van der Waals surface area contributed by atoms with E-state index in [-0.39, 0.29) is 11.8 Å². The van der Waals surface area contributed by atoms with Crippen molar-refractivity contribution >= 4 is 11.8 Å². The van der Waals surface area contributed by atoms with E-state index in [0.29, 0.717) is 12.5 Å². The van der Waals surface area contributed by atoms with Gasteiger partial charge in [0.1, 0.15) is 5.84 Å².